The van der Waals surface area contributed by atoms with Gasteiger partial charge in [-0.05, 0) is 43.4 Å². The van der Waals surface area contributed by atoms with Crippen molar-refractivity contribution in [2.75, 3.05) is 12.3 Å². The molecule has 2 aromatic heterocycles. The lowest BCUT2D eigenvalue weighted by Crippen LogP contribution is -2.25. The van der Waals surface area contributed by atoms with Crippen molar-refractivity contribution in [3.63, 3.8) is 0 Å². The van der Waals surface area contributed by atoms with Crippen LogP contribution in [0.25, 0.3) is 5.69 Å². The Labute approximate surface area is 182 Å². The molecule has 0 saturated heterocycles. The maximum atomic E-state index is 11.7. The van der Waals surface area contributed by atoms with E-state index in [1.165, 1.54) is 29.4 Å². The van der Waals surface area contributed by atoms with Gasteiger partial charge in [-0.25, -0.2) is 4.68 Å². The van der Waals surface area contributed by atoms with Crippen molar-refractivity contribution in [3.8, 4) is 5.69 Å². The lowest BCUT2D eigenvalue weighted by molar-refractivity contribution is -0.118. The van der Waals surface area contributed by atoms with Gasteiger partial charge >= 0.3 is 0 Å². The standard InChI is InChI=1S/C20H23N5OS3/c1-2-11-21-18(26)13-28-20-23-22-19(29-20)27-12-16-15-9-6-10-17(15)25(24-16)14-7-4-3-5-8-14/h3-5,7-8H,2,6,9-13H2,1H3,(H,21,26). The van der Waals surface area contributed by atoms with Crippen molar-refractivity contribution in [2.45, 2.75) is 47.0 Å². The summed E-state index contributed by atoms with van der Waals surface area (Å²) in [6.07, 6.45) is 4.32. The first-order valence-corrected chi connectivity index (χ1v) is 12.5. The Hall–Kier alpha value is -1.84. The summed E-state index contributed by atoms with van der Waals surface area (Å²) in [6.45, 7) is 2.76. The van der Waals surface area contributed by atoms with E-state index in [0.717, 1.165) is 51.6 Å². The maximum absolute atomic E-state index is 11.7. The van der Waals surface area contributed by atoms with Crippen molar-refractivity contribution in [1.29, 1.82) is 0 Å². The van der Waals surface area contributed by atoms with Gasteiger partial charge in [0.05, 0.1) is 17.1 Å². The summed E-state index contributed by atoms with van der Waals surface area (Å²) in [5.41, 5.74) is 5.01. The van der Waals surface area contributed by atoms with Crippen LogP contribution in [0.3, 0.4) is 0 Å². The van der Waals surface area contributed by atoms with Crippen LogP contribution in [0.4, 0.5) is 0 Å². The SMILES string of the molecule is CCCNC(=O)CSc1nnc(SCc2nn(-c3ccccc3)c3c2CCC3)s1. The smallest absolute Gasteiger partial charge is 0.230 e. The molecule has 1 aliphatic carbocycles. The van der Waals surface area contributed by atoms with Gasteiger partial charge in [0.15, 0.2) is 8.68 Å². The fourth-order valence-corrected chi connectivity index (χ4v) is 6.11. The zero-order valence-electron chi connectivity index (χ0n) is 16.3. The van der Waals surface area contributed by atoms with Crippen LogP contribution in [0.2, 0.25) is 0 Å². The lowest BCUT2D eigenvalue weighted by atomic mass is 10.2. The zero-order chi connectivity index (χ0) is 20.1. The fraction of sp³-hybridized carbons (Fsp3) is 0.400. The van der Waals surface area contributed by atoms with E-state index in [0.29, 0.717) is 5.75 Å². The third-order valence-corrected chi connectivity index (χ3v) is 7.83. The number of amides is 1. The number of aromatic nitrogens is 4. The number of hydrogen-bond donors (Lipinski definition) is 1. The lowest BCUT2D eigenvalue weighted by Gasteiger charge is -2.04. The summed E-state index contributed by atoms with van der Waals surface area (Å²) in [5.74, 6) is 1.22. The Bertz CT molecular complexity index is 970. The summed E-state index contributed by atoms with van der Waals surface area (Å²) in [7, 11) is 0. The van der Waals surface area contributed by atoms with E-state index < -0.39 is 0 Å². The number of rotatable bonds is 9. The van der Waals surface area contributed by atoms with Crippen molar-refractivity contribution in [2.24, 2.45) is 0 Å². The van der Waals surface area contributed by atoms with E-state index in [2.05, 4.69) is 44.5 Å². The van der Waals surface area contributed by atoms with E-state index in [-0.39, 0.29) is 5.91 Å². The normalized spacial score (nSPS) is 12.9. The summed E-state index contributed by atoms with van der Waals surface area (Å²) < 4.78 is 3.86. The number of para-hydroxylation sites is 1. The van der Waals surface area contributed by atoms with E-state index >= 15 is 0 Å². The highest BCUT2D eigenvalue weighted by molar-refractivity contribution is 8.03. The minimum absolute atomic E-state index is 0.0447. The molecule has 29 heavy (non-hydrogen) atoms. The molecule has 0 spiro atoms. The van der Waals surface area contributed by atoms with Crippen LogP contribution >= 0.6 is 34.9 Å². The summed E-state index contributed by atoms with van der Waals surface area (Å²) in [5, 5.41) is 16.3. The van der Waals surface area contributed by atoms with Crippen molar-refractivity contribution < 1.29 is 4.79 Å². The number of benzene rings is 1. The van der Waals surface area contributed by atoms with E-state index in [4.69, 9.17) is 5.10 Å². The Morgan fingerprint density at radius 3 is 2.76 bits per heavy atom. The molecular weight excluding hydrogens is 422 g/mol. The van der Waals surface area contributed by atoms with Gasteiger partial charge in [0.1, 0.15) is 0 Å². The Morgan fingerprint density at radius 2 is 1.97 bits per heavy atom. The molecule has 1 amide bonds. The molecule has 4 rings (SSSR count). The molecule has 152 valence electrons. The Balaban J connectivity index is 1.38. The second-order valence-corrected chi connectivity index (χ2v) is 10.2. The van der Waals surface area contributed by atoms with Crippen LogP contribution < -0.4 is 5.32 Å². The van der Waals surface area contributed by atoms with Gasteiger partial charge in [0.25, 0.3) is 0 Å². The van der Waals surface area contributed by atoms with Gasteiger partial charge in [-0.2, -0.15) is 5.10 Å². The summed E-state index contributed by atoms with van der Waals surface area (Å²) in [4.78, 5) is 11.7. The van der Waals surface area contributed by atoms with Gasteiger partial charge in [0.2, 0.25) is 5.91 Å². The van der Waals surface area contributed by atoms with Gasteiger partial charge < -0.3 is 5.32 Å². The molecule has 1 aliphatic rings. The second-order valence-electron chi connectivity index (χ2n) is 6.73. The number of hydrogen-bond acceptors (Lipinski definition) is 7. The van der Waals surface area contributed by atoms with Crippen LogP contribution in [-0.4, -0.2) is 38.2 Å². The first kappa shape index (κ1) is 20.4. The molecule has 0 unspecified atom stereocenters. The van der Waals surface area contributed by atoms with Crippen LogP contribution in [0, 0.1) is 0 Å². The summed E-state index contributed by atoms with van der Waals surface area (Å²) >= 11 is 4.66. The average Bonchev–Trinajstić information content (AvgIpc) is 3.47. The van der Waals surface area contributed by atoms with E-state index in [1.54, 1.807) is 23.1 Å². The number of carbonyl (C=O) groups is 1. The fourth-order valence-electron chi connectivity index (χ4n) is 3.30. The zero-order valence-corrected chi connectivity index (χ0v) is 18.7. The highest BCUT2D eigenvalue weighted by Gasteiger charge is 2.23. The number of fused-ring (bicyclic) bond motifs is 1. The predicted octanol–water partition coefficient (Wildman–Crippen LogP) is 4.12. The van der Waals surface area contributed by atoms with Gasteiger partial charge in [-0.3, -0.25) is 4.79 Å². The van der Waals surface area contributed by atoms with Gasteiger partial charge in [-0.1, -0.05) is 60.0 Å². The van der Waals surface area contributed by atoms with Crippen LogP contribution in [0.1, 0.15) is 36.7 Å². The quantitative estimate of drug-likeness (QED) is 0.500. The first-order chi connectivity index (χ1) is 14.2. The molecule has 3 aromatic rings. The van der Waals surface area contributed by atoms with E-state index in [9.17, 15) is 4.79 Å². The Kier molecular flexibility index (Phi) is 6.89. The monoisotopic (exact) mass is 445 g/mol. The first-order valence-electron chi connectivity index (χ1n) is 9.75. The summed E-state index contributed by atoms with van der Waals surface area (Å²) in [6, 6.07) is 10.3. The molecule has 0 saturated carbocycles. The van der Waals surface area contributed by atoms with Crippen LogP contribution in [0.5, 0.6) is 0 Å². The highest BCUT2D eigenvalue weighted by atomic mass is 32.2. The van der Waals surface area contributed by atoms with Crippen LogP contribution in [0.15, 0.2) is 39.0 Å². The number of carbonyl (C=O) groups excluding carboxylic acids is 1. The molecule has 0 atom stereocenters. The van der Waals surface area contributed by atoms with Gasteiger partial charge in [0, 0.05) is 18.0 Å². The molecule has 9 heteroatoms. The van der Waals surface area contributed by atoms with Crippen molar-refractivity contribution >= 4 is 40.8 Å². The third kappa shape index (κ3) is 5.02. The minimum atomic E-state index is 0.0447. The molecule has 1 aromatic carbocycles. The molecule has 2 heterocycles. The largest absolute Gasteiger partial charge is 0.355 e. The van der Waals surface area contributed by atoms with Crippen molar-refractivity contribution in [1.82, 2.24) is 25.3 Å². The molecule has 0 radical (unpaired) electrons. The van der Waals surface area contributed by atoms with Gasteiger partial charge in [-0.15, -0.1) is 10.2 Å². The predicted molar refractivity (Wildman–Crippen MR) is 119 cm³/mol. The molecule has 0 bridgehead atoms. The topological polar surface area (TPSA) is 72.7 Å². The highest BCUT2D eigenvalue weighted by Crippen LogP contribution is 2.34. The number of nitrogens with zero attached hydrogens (tertiary/aromatic N) is 4. The van der Waals surface area contributed by atoms with Crippen molar-refractivity contribution in [3.05, 3.63) is 47.3 Å². The van der Waals surface area contributed by atoms with E-state index in [1.807, 2.05) is 13.0 Å². The molecule has 1 N–H and O–H groups in total. The molecule has 6 nitrogen and oxygen atoms in total. The molecule has 0 aliphatic heterocycles. The Morgan fingerprint density at radius 1 is 1.17 bits per heavy atom. The molecule has 0 fully saturated rings. The average molecular weight is 446 g/mol. The number of nitrogens with one attached hydrogen (secondary N) is 1. The second kappa shape index (κ2) is 9.77. The number of thioether (sulfide) groups is 2. The minimum Gasteiger partial charge on any atom is -0.355 e. The molecular formula is C20H23N5OS3. The van der Waals surface area contributed by atoms with Crippen LogP contribution in [-0.2, 0) is 23.4 Å². The maximum Gasteiger partial charge on any atom is 0.230 e. The third-order valence-electron chi connectivity index (χ3n) is 4.63.